The van der Waals surface area contributed by atoms with E-state index in [4.69, 9.17) is 0 Å². The summed E-state index contributed by atoms with van der Waals surface area (Å²) in [7, 11) is 0. The Bertz CT molecular complexity index is 484. The van der Waals surface area contributed by atoms with Crippen molar-refractivity contribution >= 4 is 12.0 Å². The number of aldehydes is 1. The molecule has 0 N–H and O–H groups in total. The van der Waals surface area contributed by atoms with Gasteiger partial charge in [0.1, 0.15) is 6.29 Å². The lowest BCUT2D eigenvalue weighted by molar-refractivity contribution is -0.137. The Kier molecular flexibility index (Phi) is 4.35. The average molecular weight is 285 g/mol. The molecule has 0 aromatic heterocycles. The fourth-order valence-corrected chi connectivity index (χ4v) is 2.85. The topological polar surface area (TPSA) is 20.3 Å². The number of hydrogen-bond acceptors (Lipinski definition) is 2. The van der Waals surface area contributed by atoms with Crippen LogP contribution < -0.4 is 4.90 Å². The summed E-state index contributed by atoms with van der Waals surface area (Å²) in [6.07, 6.45) is -0.279. The summed E-state index contributed by atoms with van der Waals surface area (Å²) >= 11 is 0. The molecule has 1 heterocycles. The van der Waals surface area contributed by atoms with E-state index in [2.05, 4.69) is 0 Å². The molecule has 0 saturated carbocycles. The molecule has 1 saturated heterocycles. The number of halogens is 3. The number of rotatable bonds is 3. The van der Waals surface area contributed by atoms with Gasteiger partial charge < -0.3 is 4.90 Å². The fraction of sp³-hybridized carbons (Fsp3) is 0.533. The number of carbonyl (C=O) groups is 1. The molecule has 1 aromatic carbocycles. The maximum atomic E-state index is 13.2. The minimum atomic E-state index is -4.44. The van der Waals surface area contributed by atoms with Gasteiger partial charge in [0.05, 0.1) is 5.56 Å². The number of benzene rings is 1. The second kappa shape index (κ2) is 5.85. The Morgan fingerprint density at radius 3 is 2.70 bits per heavy atom. The molecule has 1 aliphatic rings. The Morgan fingerprint density at radius 2 is 2.10 bits per heavy atom. The second-order valence-electron chi connectivity index (χ2n) is 5.14. The van der Waals surface area contributed by atoms with Gasteiger partial charge in [0.2, 0.25) is 0 Å². The Hall–Kier alpha value is -1.52. The Labute approximate surface area is 116 Å². The number of alkyl halides is 3. The van der Waals surface area contributed by atoms with E-state index in [1.807, 2.05) is 11.8 Å². The molecule has 5 heteroatoms. The molecule has 1 fully saturated rings. The standard InChI is InChI=1S/C15H18F3NO/c1-2-12-5-3-4-8-19(12)14-7-6-11(10-20)9-13(14)15(16,17)18/h6-7,9-10,12H,2-5,8H2,1H3. The molecule has 110 valence electrons. The first-order valence-corrected chi connectivity index (χ1v) is 6.90. The highest BCUT2D eigenvalue weighted by Gasteiger charge is 2.36. The van der Waals surface area contributed by atoms with Crippen molar-refractivity contribution in [3.05, 3.63) is 29.3 Å². The van der Waals surface area contributed by atoms with Crippen LogP contribution in [0.5, 0.6) is 0 Å². The molecular formula is C15H18F3NO. The summed E-state index contributed by atoms with van der Waals surface area (Å²) in [5, 5.41) is 0. The average Bonchev–Trinajstić information content (AvgIpc) is 2.45. The van der Waals surface area contributed by atoms with Gasteiger partial charge in [-0.3, -0.25) is 4.79 Å². The first-order chi connectivity index (χ1) is 9.47. The maximum absolute atomic E-state index is 13.2. The third-order valence-electron chi connectivity index (χ3n) is 3.87. The van der Waals surface area contributed by atoms with Gasteiger partial charge in [0, 0.05) is 23.8 Å². The Morgan fingerprint density at radius 1 is 1.35 bits per heavy atom. The second-order valence-corrected chi connectivity index (χ2v) is 5.14. The van der Waals surface area contributed by atoms with Crippen LogP contribution in [0.4, 0.5) is 18.9 Å². The fourth-order valence-electron chi connectivity index (χ4n) is 2.85. The zero-order valence-electron chi connectivity index (χ0n) is 11.4. The summed E-state index contributed by atoms with van der Waals surface area (Å²) in [6, 6.07) is 3.98. The van der Waals surface area contributed by atoms with Crippen LogP contribution in [0.25, 0.3) is 0 Å². The van der Waals surface area contributed by atoms with Gasteiger partial charge in [0.15, 0.2) is 0 Å². The van der Waals surface area contributed by atoms with E-state index in [-0.39, 0.29) is 17.3 Å². The van der Waals surface area contributed by atoms with E-state index in [0.29, 0.717) is 12.8 Å². The molecule has 2 nitrogen and oxygen atoms in total. The smallest absolute Gasteiger partial charge is 0.368 e. The molecule has 0 bridgehead atoms. The number of anilines is 1. The van der Waals surface area contributed by atoms with Crippen LogP contribution in [0.1, 0.15) is 48.5 Å². The highest BCUT2D eigenvalue weighted by molar-refractivity contribution is 5.77. The predicted molar refractivity (Wildman–Crippen MR) is 72.1 cm³/mol. The lowest BCUT2D eigenvalue weighted by atomic mass is 9.97. The zero-order chi connectivity index (χ0) is 14.8. The number of carbonyl (C=O) groups excluding carboxylic acids is 1. The molecule has 1 unspecified atom stereocenters. The SMILES string of the molecule is CCC1CCCCN1c1ccc(C=O)cc1C(F)(F)F. The quantitative estimate of drug-likeness (QED) is 0.772. The van der Waals surface area contributed by atoms with Crippen LogP contribution in [0, 0.1) is 0 Å². The molecule has 0 aliphatic carbocycles. The first-order valence-electron chi connectivity index (χ1n) is 6.90. The molecule has 2 rings (SSSR count). The van der Waals surface area contributed by atoms with Gasteiger partial charge in [-0.05, 0) is 43.9 Å². The molecule has 0 radical (unpaired) electrons. The van der Waals surface area contributed by atoms with Crippen LogP contribution >= 0.6 is 0 Å². The van der Waals surface area contributed by atoms with Crippen LogP contribution in [0.2, 0.25) is 0 Å². The third kappa shape index (κ3) is 2.97. The van der Waals surface area contributed by atoms with Crippen LogP contribution in [-0.2, 0) is 6.18 Å². The number of piperidine rings is 1. The van der Waals surface area contributed by atoms with Crippen LogP contribution in [-0.4, -0.2) is 18.9 Å². The van der Waals surface area contributed by atoms with Crippen LogP contribution in [0.3, 0.4) is 0 Å². The molecule has 1 atom stereocenters. The first kappa shape index (κ1) is 14.9. The van der Waals surface area contributed by atoms with Crippen molar-refractivity contribution in [2.45, 2.75) is 44.8 Å². The largest absolute Gasteiger partial charge is 0.418 e. The monoisotopic (exact) mass is 285 g/mol. The van der Waals surface area contributed by atoms with Crippen molar-refractivity contribution in [1.82, 2.24) is 0 Å². The van der Waals surface area contributed by atoms with Gasteiger partial charge >= 0.3 is 6.18 Å². The van der Waals surface area contributed by atoms with Gasteiger partial charge in [-0.15, -0.1) is 0 Å². The van der Waals surface area contributed by atoms with E-state index in [9.17, 15) is 18.0 Å². The minimum Gasteiger partial charge on any atom is -0.368 e. The van der Waals surface area contributed by atoms with Crippen molar-refractivity contribution in [2.75, 3.05) is 11.4 Å². The molecule has 1 aromatic rings. The van der Waals surface area contributed by atoms with Crippen molar-refractivity contribution < 1.29 is 18.0 Å². The van der Waals surface area contributed by atoms with E-state index in [1.54, 1.807) is 0 Å². The van der Waals surface area contributed by atoms with Gasteiger partial charge in [-0.1, -0.05) is 6.92 Å². The number of hydrogen-bond donors (Lipinski definition) is 0. The Balaban J connectivity index is 2.46. The lowest BCUT2D eigenvalue weighted by Gasteiger charge is -2.38. The van der Waals surface area contributed by atoms with Crippen LogP contribution in [0.15, 0.2) is 18.2 Å². The minimum absolute atomic E-state index is 0.0612. The van der Waals surface area contributed by atoms with E-state index >= 15 is 0 Å². The van der Waals surface area contributed by atoms with E-state index < -0.39 is 11.7 Å². The number of nitrogens with zero attached hydrogens (tertiary/aromatic N) is 1. The van der Waals surface area contributed by atoms with Gasteiger partial charge in [0.25, 0.3) is 0 Å². The summed E-state index contributed by atoms with van der Waals surface area (Å²) in [5.74, 6) is 0. The molecule has 0 spiro atoms. The highest BCUT2D eigenvalue weighted by atomic mass is 19.4. The molecule has 1 aliphatic heterocycles. The zero-order valence-corrected chi connectivity index (χ0v) is 11.4. The molecular weight excluding hydrogens is 267 g/mol. The van der Waals surface area contributed by atoms with Gasteiger partial charge in [-0.2, -0.15) is 13.2 Å². The normalized spacial score (nSPS) is 20.0. The predicted octanol–water partition coefficient (Wildman–Crippen LogP) is 4.29. The molecule has 20 heavy (non-hydrogen) atoms. The summed E-state index contributed by atoms with van der Waals surface area (Å²) in [6.45, 7) is 2.64. The third-order valence-corrected chi connectivity index (χ3v) is 3.87. The van der Waals surface area contributed by atoms with Crippen molar-refractivity contribution in [3.8, 4) is 0 Å². The van der Waals surface area contributed by atoms with E-state index in [1.165, 1.54) is 12.1 Å². The van der Waals surface area contributed by atoms with Crippen molar-refractivity contribution in [2.24, 2.45) is 0 Å². The van der Waals surface area contributed by atoms with Gasteiger partial charge in [-0.25, -0.2) is 0 Å². The summed E-state index contributed by atoms with van der Waals surface area (Å²) < 4.78 is 39.6. The summed E-state index contributed by atoms with van der Waals surface area (Å²) in [4.78, 5) is 12.6. The van der Waals surface area contributed by atoms with E-state index in [0.717, 1.165) is 31.7 Å². The molecule has 0 amide bonds. The maximum Gasteiger partial charge on any atom is 0.418 e. The summed E-state index contributed by atoms with van der Waals surface area (Å²) in [5.41, 5.74) is -0.441. The van der Waals surface area contributed by atoms with Crippen molar-refractivity contribution in [3.63, 3.8) is 0 Å². The van der Waals surface area contributed by atoms with Crippen molar-refractivity contribution in [1.29, 1.82) is 0 Å². The highest BCUT2D eigenvalue weighted by Crippen LogP contribution is 2.39. The lowest BCUT2D eigenvalue weighted by Crippen LogP contribution is -2.40.